The van der Waals surface area contributed by atoms with E-state index in [9.17, 15) is 14.9 Å². The van der Waals surface area contributed by atoms with Gasteiger partial charge in [-0.25, -0.2) is 9.36 Å². The average Bonchev–Trinajstić information content (AvgIpc) is 3.28. The number of amides is 1. The fraction of sp³-hybridized carbons (Fsp3) is 0.194. The van der Waals surface area contributed by atoms with Gasteiger partial charge in [-0.05, 0) is 86.0 Å². The molecule has 4 aromatic rings. The van der Waals surface area contributed by atoms with Crippen LogP contribution in [0.2, 0.25) is 10.0 Å². The van der Waals surface area contributed by atoms with Crippen molar-refractivity contribution in [2.24, 2.45) is 0 Å². The van der Waals surface area contributed by atoms with E-state index in [4.69, 9.17) is 32.7 Å². The average molecular weight is 574 g/mol. The number of fused-ring (bicyclic) bond motifs is 1. The highest BCUT2D eigenvalue weighted by molar-refractivity contribution is 6.30. The standard InChI is InChI=1S/C31H25Cl2N3O4/c1-30(2,3)40-29(38)36-24(17-34)13-15-27(36)19-4-14-26-25(16-19)31(39-18-28(37)35-26,20-5-9-22(32)10-6-20)21-7-11-23(33)12-8-21/h4-16H,18H2,1-3H3,(H,35,37). The second kappa shape index (κ2) is 10.5. The number of halogens is 2. The van der Waals surface area contributed by atoms with Crippen LogP contribution in [0.5, 0.6) is 0 Å². The number of hydrogen-bond acceptors (Lipinski definition) is 5. The van der Waals surface area contributed by atoms with Gasteiger partial charge in [-0.2, -0.15) is 5.26 Å². The van der Waals surface area contributed by atoms with Crippen LogP contribution in [-0.4, -0.2) is 28.8 Å². The van der Waals surface area contributed by atoms with Crippen molar-refractivity contribution in [2.75, 3.05) is 11.9 Å². The van der Waals surface area contributed by atoms with Gasteiger partial charge in [0.1, 0.15) is 29.6 Å². The molecule has 1 aliphatic rings. The van der Waals surface area contributed by atoms with Gasteiger partial charge in [0.05, 0.1) is 5.69 Å². The Kier molecular flexibility index (Phi) is 7.19. The van der Waals surface area contributed by atoms with E-state index in [1.165, 1.54) is 4.57 Å². The van der Waals surface area contributed by atoms with Gasteiger partial charge in [-0.3, -0.25) is 4.79 Å². The maximum absolute atomic E-state index is 13.2. The smallest absolute Gasteiger partial charge is 0.420 e. The quantitative estimate of drug-likeness (QED) is 0.276. The van der Waals surface area contributed by atoms with Crippen LogP contribution in [0.3, 0.4) is 0 Å². The van der Waals surface area contributed by atoms with Crippen LogP contribution >= 0.6 is 23.2 Å². The molecule has 40 heavy (non-hydrogen) atoms. The SMILES string of the molecule is CC(C)(C)OC(=O)n1c(C#N)ccc1-c1ccc2c(c1)C(c1ccc(Cl)cc1)(c1ccc(Cl)cc1)OCC(=O)N2. The third-order valence-electron chi connectivity index (χ3n) is 6.46. The zero-order chi connectivity index (χ0) is 28.7. The first-order chi connectivity index (χ1) is 19.0. The molecule has 0 fully saturated rings. The molecule has 1 amide bonds. The molecule has 0 spiro atoms. The first kappa shape index (κ1) is 27.5. The number of rotatable bonds is 3. The highest BCUT2D eigenvalue weighted by atomic mass is 35.5. The third kappa shape index (κ3) is 5.09. The second-order valence-corrected chi connectivity index (χ2v) is 11.2. The van der Waals surface area contributed by atoms with E-state index < -0.39 is 17.3 Å². The summed E-state index contributed by atoms with van der Waals surface area (Å²) in [5.74, 6) is -0.317. The topological polar surface area (TPSA) is 93.3 Å². The van der Waals surface area contributed by atoms with Crippen LogP contribution in [0, 0.1) is 11.3 Å². The molecule has 7 nitrogen and oxygen atoms in total. The normalized spacial score (nSPS) is 14.4. The lowest BCUT2D eigenvalue weighted by atomic mass is 9.78. The summed E-state index contributed by atoms with van der Waals surface area (Å²) in [4.78, 5) is 26.0. The second-order valence-electron chi connectivity index (χ2n) is 10.3. The van der Waals surface area contributed by atoms with E-state index in [-0.39, 0.29) is 18.2 Å². The maximum Gasteiger partial charge on any atom is 0.420 e. The van der Waals surface area contributed by atoms with Crippen LogP contribution in [0.15, 0.2) is 78.9 Å². The molecule has 2 heterocycles. The molecule has 5 rings (SSSR count). The maximum atomic E-state index is 13.2. The monoisotopic (exact) mass is 573 g/mol. The van der Waals surface area contributed by atoms with Gasteiger partial charge in [0.25, 0.3) is 0 Å². The Morgan fingerprint density at radius 1 is 0.975 bits per heavy atom. The first-order valence-electron chi connectivity index (χ1n) is 12.5. The molecule has 1 aromatic heterocycles. The fourth-order valence-corrected chi connectivity index (χ4v) is 5.06. The van der Waals surface area contributed by atoms with E-state index >= 15 is 0 Å². The van der Waals surface area contributed by atoms with Gasteiger partial charge in [-0.15, -0.1) is 0 Å². The number of carbonyl (C=O) groups is 2. The summed E-state index contributed by atoms with van der Waals surface area (Å²) >= 11 is 12.5. The molecule has 0 bridgehead atoms. The van der Waals surface area contributed by atoms with Crippen LogP contribution in [0.25, 0.3) is 11.3 Å². The fourth-order valence-electron chi connectivity index (χ4n) is 4.81. The van der Waals surface area contributed by atoms with E-state index in [0.29, 0.717) is 32.6 Å². The summed E-state index contributed by atoms with van der Waals surface area (Å²) < 4.78 is 13.3. The molecule has 0 saturated carbocycles. The molecule has 0 saturated heterocycles. The molecule has 1 N–H and O–H groups in total. The van der Waals surface area contributed by atoms with Crippen LogP contribution in [-0.2, 0) is 19.9 Å². The van der Waals surface area contributed by atoms with Crippen molar-refractivity contribution in [3.63, 3.8) is 0 Å². The summed E-state index contributed by atoms with van der Waals surface area (Å²) in [5, 5.41) is 13.8. The van der Waals surface area contributed by atoms with Gasteiger partial charge in [-0.1, -0.05) is 53.5 Å². The van der Waals surface area contributed by atoms with Gasteiger partial charge in [0.2, 0.25) is 5.91 Å². The lowest BCUT2D eigenvalue weighted by molar-refractivity contribution is -0.123. The summed E-state index contributed by atoms with van der Waals surface area (Å²) in [6.07, 6.45) is -0.676. The minimum atomic E-state index is -1.25. The molecule has 202 valence electrons. The Balaban J connectivity index is 1.78. The molecule has 1 aliphatic heterocycles. The summed E-state index contributed by atoms with van der Waals surface area (Å²) in [7, 11) is 0. The van der Waals surface area contributed by atoms with Crippen LogP contribution in [0.1, 0.15) is 43.2 Å². The first-order valence-corrected chi connectivity index (χ1v) is 13.2. The van der Waals surface area contributed by atoms with Crippen molar-refractivity contribution in [3.05, 3.63) is 111 Å². The molecule has 9 heteroatoms. The Bertz CT molecular complexity index is 1600. The van der Waals surface area contributed by atoms with Gasteiger partial charge < -0.3 is 14.8 Å². The Morgan fingerprint density at radius 3 is 2.12 bits per heavy atom. The number of benzene rings is 3. The third-order valence-corrected chi connectivity index (χ3v) is 6.97. The molecular formula is C31H25Cl2N3O4. The summed E-state index contributed by atoms with van der Waals surface area (Å²) in [6.45, 7) is 5.06. The largest absolute Gasteiger partial charge is 0.443 e. The van der Waals surface area contributed by atoms with Crippen molar-refractivity contribution >= 4 is 40.9 Å². The van der Waals surface area contributed by atoms with E-state index in [1.54, 1.807) is 69.3 Å². The van der Waals surface area contributed by atoms with Gasteiger partial charge in [0.15, 0.2) is 0 Å². The van der Waals surface area contributed by atoms with Crippen LogP contribution in [0.4, 0.5) is 10.5 Å². The van der Waals surface area contributed by atoms with Gasteiger partial charge >= 0.3 is 6.09 Å². The Hall–Kier alpha value is -4.09. The highest BCUT2D eigenvalue weighted by Gasteiger charge is 2.42. The van der Waals surface area contributed by atoms with Crippen molar-refractivity contribution < 1.29 is 19.1 Å². The van der Waals surface area contributed by atoms with Crippen molar-refractivity contribution in [1.29, 1.82) is 5.26 Å². The number of ether oxygens (including phenoxy) is 2. The minimum Gasteiger partial charge on any atom is -0.443 e. The zero-order valence-corrected chi connectivity index (χ0v) is 23.5. The minimum absolute atomic E-state index is 0.130. The Morgan fingerprint density at radius 2 is 1.57 bits per heavy atom. The number of hydrogen-bond donors (Lipinski definition) is 1. The van der Waals surface area contributed by atoms with Gasteiger partial charge in [0, 0.05) is 21.3 Å². The number of aromatic nitrogens is 1. The lowest BCUT2D eigenvalue weighted by Gasteiger charge is -2.35. The van der Waals surface area contributed by atoms with Crippen molar-refractivity contribution in [1.82, 2.24) is 4.57 Å². The molecule has 3 aromatic carbocycles. The lowest BCUT2D eigenvalue weighted by Crippen LogP contribution is -2.33. The predicted molar refractivity (Wildman–Crippen MR) is 154 cm³/mol. The van der Waals surface area contributed by atoms with E-state index in [2.05, 4.69) is 11.4 Å². The zero-order valence-electron chi connectivity index (χ0n) is 22.0. The molecular weight excluding hydrogens is 549 g/mol. The molecule has 0 aliphatic carbocycles. The number of nitriles is 1. The Labute approximate surface area is 241 Å². The van der Waals surface area contributed by atoms with E-state index in [0.717, 1.165) is 11.1 Å². The number of anilines is 1. The van der Waals surface area contributed by atoms with E-state index in [1.807, 2.05) is 30.3 Å². The molecule has 0 radical (unpaired) electrons. The number of nitrogens with zero attached hydrogens (tertiary/aromatic N) is 2. The molecule has 0 atom stereocenters. The van der Waals surface area contributed by atoms with Crippen LogP contribution < -0.4 is 5.32 Å². The number of carbonyl (C=O) groups excluding carboxylic acids is 2. The van der Waals surface area contributed by atoms with Crippen molar-refractivity contribution in [2.45, 2.75) is 32.0 Å². The summed E-state index contributed by atoms with van der Waals surface area (Å²) in [6, 6.07) is 25.1. The number of nitrogens with one attached hydrogen (secondary N) is 1. The predicted octanol–water partition coefficient (Wildman–Crippen LogP) is 7.38. The highest BCUT2D eigenvalue weighted by Crippen LogP contribution is 2.46. The molecule has 0 unspecified atom stereocenters. The van der Waals surface area contributed by atoms with Crippen molar-refractivity contribution in [3.8, 4) is 17.3 Å². The summed E-state index contributed by atoms with van der Waals surface area (Å²) in [5.41, 5.74) is 1.79.